The molecule has 2 aromatic rings. The Morgan fingerprint density at radius 2 is 1.80 bits per heavy atom. The van der Waals surface area contributed by atoms with E-state index in [0.29, 0.717) is 0 Å². The van der Waals surface area contributed by atoms with Gasteiger partial charge in [0.25, 0.3) is 0 Å². The zero-order valence-electron chi connectivity index (χ0n) is 13.0. The minimum absolute atomic E-state index is 0.0312. The maximum absolute atomic E-state index is 6.37. The molecule has 2 N–H and O–H groups in total. The number of imidazole rings is 1. The van der Waals surface area contributed by atoms with Crippen LogP contribution in [0.25, 0.3) is 0 Å². The Morgan fingerprint density at radius 3 is 2.35 bits per heavy atom. The Kier molecular flexibility index (Phi) is 4.17. The molecule has 0 unspecified atom stereocenters. The molecule has 0 aliphatic carbocycles. The molecule has 0 aliphatic heterocycles. The Bertz CT molecular complexity index is 562. The van der Waals surface area contributed by atoms with Crippen molar-refractivity contribution in [1.29, 1.82) is 0 Å². The van der Waals surface area contributed by atoms with Crippen molar-refractivity contribution in [2.75, 3.05) is 5.73 Å². The molecule has 0 aliphatic rings. The van der Waals surface area contributed by atoms with Gasteiger partial charge in [-0.05, 0) is 32.8 Å². The van der Waals surface area contributed by atoms with Gasteiger partial charge in [-0.25, -0.2) is 4.98 Å². The van der Waals surface area contributed by atoms with E-state index in [4.69, 9.17) is 10.7 Å². The number of hydrogen-bond acceptors (Lipinski definition) is 2. The van der Waals surface area contributed by atoms with Gasteiger partial charge in [-0.1, -0.05) is 37.3 Å². The highest BCUT2D eigenvalue weighted by Gasteiger charge is 2.23. The van der Waals surface area contributed by atoms with Gasteiger partial charge in [0.05, 0.1) is 5.69 Å². The minimum Gasteiger partial charge on any atom is -0.384 e. The lowest BCUT2D eigenvalue weighted by Crippen LogP contribution is -2.25. The number of benzene rings is 1. The van der Waals surface area contributed by atoms with Crippen LogP contribution in [0.4, 0.5) is 5.82 Å². The van der Waals surface area contributed by atoms with Crippen molar-refractivity contribution in [3.05, 3.63) is 47.4 Å². The van der Waals surface area contributed by atoms with Crippen LogP contribution in [0.3, 0.4) is 0 Å². The van der Waals surface area contributed by atoms with Gasteiger partial charge in [0, 0.05) is 18.4 Å². The maximum atomic E-state index is 6.37. The summed E-state index contributed by atoms with van der Waals surface area (Å²) in [5.41, 5.74) is 8.58. The average Bonchev–Trinajstić information content (AvgIpc) is 2.67. The summed E-state index contributed by atoms with van der Waals surface area (Å²) in [6, 6.07) is 10.4. The lowest BCUT2D eigenvalue weighted by atomic mass is 10.1. The van der Waals surface area contributed by atoms with Crippen LogP contribution in [0.5, 0.6) is 0 Å². The van der Waals surface area contributed by atoms with Crippen molar-refractivity contribution in [2.45, 2.75) is 52.5 Å². The first-order chi connectivity index (χ1) is 9.43. The topological polar surface area (TPSA) is 43.8 Å². The van der Waals surface area contributed by atoms with Crippen LogP contribution in [0, 0.1) is 0 Å². The van der Waals surface area contributed by atoms with E-state index in [9.17, 15) is 0 Å². The first-order valence-corrected chi connectivity index (χ1v) is 7.34. The van der Waals surface area contributed by atoms with E-state index in [1.165, 1.54) is 5.56 Å². The largest absolute Gasteiger partial charge is 0.384 e. The van der Waals surface area contributed by atoms with Gasteiger partial charge in [0.2, 0.25) is 0 Å². The van der Waals surface area contributed by atoms with Crippen LogP contribution in [-0.4, -0.2) is 9.55 Å². The number of hydrogen-bond donors (Lipinski definition) is 1. The number of aryl methyl sites for hydroxylation is 1. The van der Waals surface area contributed by atoms with Crippen molar-refractivity contribution >= 4 is 5.82 Å². The predicted octanol–water partition coefficient (Wildman–Crippen LogP) is 3.76. The fraction of sp³-hybridized carbons (Fsp3) is 0.471. The zero-order chi connectivity index (χ0) is 14.8. The second-order valence-corrected chi connectivity index (χ2v) is 6.28. The van der Waals surface area contributed by atoms with Crippen molar-refractivity contribution in [3.8, 4) is 0 Å². The van der Waals surface area contributed by atoms with Crippen molar-refractivity contribution in [1.82, 2.24) is 9.55 Å². The van der Waals surface area contributed by atoms with E-state index in [0.717, 1.165) is 36.6 Å². The van der Waals surface area contributed by atoms with E-state index in [2.05, 4.69) is 56.5 Å². The van der Waals surface area contributed by atoms with E-state index >= 15 is 0 Å². The molecule has 1 aromatic carbocycles. The fourth-order valence-corrected chi connectivity index (χ4v) is 2.59. The molecular formula is C17H25N3. The summed E-state index contributed by atoms with van der Waals surface area (Å²) < 4.78 is 2.19. The quantitative estimate of drug-likeness (QED) is 0.920. The van der Waals surface area contributed by atoms with E-state index < -0.39 is 0 Å². The monoisotopic (exact) mass is 271 g/mol. The normalized spacial score (nSPS) is 11.8. The van der Waals surface area contributed by atoms with Crippen LogP contribution < -0.4 is 5.73 Å². The zero-order valence-corrected chi connectivity index (χ0v) is 13.0. The van der Waals surface area contributed by atoms with Crippen LogP contribution >= 0.6 is 0 Å². The number of nitrogens with two attached hydrogens (primary N) is 1. The Balaban J connectivity index is 2.40. The molecule has 20 heavy (non-hydrogen) atoms. The van der Waals surface area contributed by atoms with Gasteiger partial charge >= 0.3 is 0 Å². The SMILES string of the molecule is CCCc1nc(Cc2ccccc2)c(N)n1C(C)(C)C. The minimum atomic E-state index is -0.0312. The molecule has 0 spiro atoms. The average molecular weight is 271 g/mol. The van der Waals surface area contributed by atoms with Crippen molar-refractivity contribution in [3.63, 3.8) is 0 Å². The standard InChI is InChI=1S/C17H25N3/c1-5-9-15-19-14(12-13-10-7-6-8-11-13)16(18)20(15)17(2,3)4/h6-8,10-11H,5,9,12,18H2,1-4H3. The molecule has 0 radical (unpaired) electrons. The Hall–Kier alpha value is -1.77. The second kappa shape index (κ2) is 5.70. The van der Waals surface area contributed by atoms with Gasteiger partial charge < -0.3 is 10.3 Å². The molecule has 0 bridgehead atoms. The van der Waals surface area contributed by atoms with Crippen LogP contribution in [-0.2, 0) is 18.4 Å². The van der Waals surface area contributed by atoms with Gasteiger partial charge in [-0.2, -0.15) is 0 Å². The molecule has 2 rings (SSSR count). The molecule has 1 heterocycles. The van der Waals surface area contributed by atoms with E-state index in [-0.39, 0.29) is 5.54 Å². The predicted molar refractivity (Wildman–Crippen MR) is 84.9 cm³/mol. The molecular weight excluding hydrogens is 246 g/mol. The number of aromatic nitrogens is 2. The Labute approximate surface area is 121 Å². The molecule has 3 heteroatoms. The number of nitrogen functional groups attached to an aromatic ring is 1. The molecule has 1 aromatic heterocycles. The van der Waals surface area contributed by atoms with Crippen LogP contribution in [0.15, 0.2) is 30.3 Å². The highest BCUT2D eigenvalue weighted by Crippen LogP contribution is 2.27. The van der Waals surface area contributed by atoms with Gasteiger partial charge in [0.15, 0.2) is 0 Å². The highest BCUT2D eigenvalue weighted by atomic mass is 15.2. The van der Waals surface area contributed by atoms with Crippen LogP contribution in [0.1, 0.15) is 51.2 Å². The molecule has 0 fully saturated rings. The molecule has 0 saturated carbocycles. The maximum Gasteiger partial charge on any atom is 0.127 e. The van der Waals surface area contributed by atoms with Crippen LogP contribution in [0.2, 0.25) is 0 Å². The van der Waals surface area contributed by atoms with Crippen molar-refractivity contribution in [2.24, 2.45) is 0 Å². The summed E-state index contributed by atoms with van der Waals surface area (Å²) in [6.07, 6.45) is 2.85. The third kappa shape index (κ3) is 3.03. The number of rotatable bonds is 4. The van der Waals surface area contributed by atoms with E-state index in [1.54, 1.807) is 0 Å². The lowest BCUT2D eigenvalue weighted by molar-refractivity contribution is 0.387. The summed E-state index contributed by atoms with van der Waals surface area (Å²) in [5.74, 6) is 1.91. The molecule has 3 nitrogen and oxygen atoms in total. The third-order valence-corrected chi connectivity index (χ3v) is 3.42. The third-order valence-electron chi connectivity index (χ3n) is 3.42. The second-order valence-electron chi connectivity index (χ2n) is 6.28. The highest BCUT2D eigenvalue weighted by molar-refractivity contribution is 5.42. The Morgan fingerprint density at radius 1 is 1.15 bits per heavy atom. The smallest absolute Gasteiger partial charge is 0.127 e. The molecule has 0 atom stereocenters. The van der Waals surface area contributed by atoms with E-state index in [1.807, 2.05) is 6.07 Å². The lowest BCUT2D eigenvalue weighted by Gasteiger charge is -2.25. The number of anilines is 1. The summed E-state index contributed by atoms with van der Waals surface area (Å²) in [7, 11) is 0. The van der Waals surface area contributed by atoms with Gasteiger partial charge in [0.1, 0.15) is 11.6 Å². The number of nitrogens with zero attached hydrogens (tertiary/aromatic N) is 2. The molecule has 0 saturated heterocycles. The molecule has 108 valence electrons. The first-order valence-electron chi connectivity index (χ1n) is 7.34. The summed E-state index contributed by atoms with van der Waals surface area (Å²) in [6.45, 7) is 8.71. The fourth-order valence-electron chi connectivity index (χ4n) is 2.59. The first kappa shape index (κ1) is 14.6. The molecule has 0 amide bonds. The van der Waals surface area contributed by atoms with Gasteiger partial charge in [-0.3, -0.25) is 0 Å². The summed E-state index contributed by atoms with van der Waals surface area (Å²) >= 11 is 0. The summed E-state index contributed by atoms with van der Waals surface area (Å²) in [4.78, 5) is 4.80. The summed E-state index contributed by atoms with van der Waals surface area (Å²) in [5, 5.41) is 0. The van der Waals surface area contributed by atoms with Crippen molar-refractivity contribution < 1.29 is 0 Å². The van der Waals surface area contributed by atoms with Gasteiger partial charge in [-0.15, -0.1) is 0 Å².